The summed E-state index contributed by atoms with van der Waals surface area (Å²) in [5.74, 6) is 1.38. The van der Waals surface area contributed by atoms with Gasteiger partial charge in [-0.3, -0.25) is 4.79 Å². The average molecular weight is 279 g/mol. The highest BCUT2D eigenvalue weighted by molar-refractivity contribution is 5.80. The van der Waals surface area contributed by atoms with Gasteiger partial charge in [0.05, 0.1) is 6.54 Å². The van der Waals surface area contributed by atoms with E-state index in [-0.39, 0.29) is 18.0 Å². The van der Waals surface area contributed by atoms with E-state index in [2.05, 4.69) is 9.97 Å². The van der Waals surface area contributed by atoms with Crippen LogP contribution in [0.1, 0.15) is 46.0 Å². The maximum atomic E-state index is 11.3. The maximum Gasteiger partial charge on any atom is 0.237 e. The lowest BCUT2D eigenvalue weighted by molar-refractivity contribution is -0.116. The standard InChI is InChI=1S/C14H25N5O/c1-8(2)19(7-10(15)20)12-9(3)11(16)17-13(18-12)14(4,5)6/h8H,7H2,1-6H3,(H2,15,20)(H2,16,17,18). The first-order chi connectivity index (χ1) is 9.04. The number of rotatable bonds is 4. The summed E-state index contributed by atoms with van der Waals surface area (Å²) in [5.41, 5.74) is 11.9. The zero-order valence-electron chi connectivity index (χ0n) is 13.2. The molecule has 0 radical (unpaired) electrons. The van der Waals surface area contributed by atoms with Crippen LogP contribution >= 0.6 is 0 Å². The molecular weight excluding hydrogens is 254 g/mol. The Morgan fingerprint density at radius 1 is 1.30 bits per heavy atom. The molecule has 1 aromatic heterocycles. The molecule has 0 fully saturated rings. The molecule has 1 amide bonds. The molecule has 4 N–H and O–H groups in total. The van der Waals surface area contributed by atoms with Gasteiger partial charge in [0.25, 0.3) is 0 Å². The number of primary amides is 1. The number of hydrogen-bond donors (Lipinski definition) is 2. The quantitative estimate of drug-likeness (QED) is 0.867. The van der Waals surface area contributed by atoms with E-state index in [9.17, 15) is 4.79 Å². The molecule has 0 spiro atoms. The van der Waals surface area contributed by atoms with Crippen LogP contribution in [0, 0.1) is 6.92 Å². The average Bonchev–Trinajstić information content (AvgIpc) is 2.27. The number of nitrogens with zero attached hydrogens (tertiary/aromatic N) is 3. The molecule has 0 aliphatic heterocycles. The fourth-order valence-electron chi connectivity index (χ4n) is 1.81. The smallest absolute Gasteiger partial charge is 0.237 e. The maximum absolute atomic E-state index is 11.3. The number of aromatic nitrogens is 2. The van der Waals surface area contributed by atoms with Gasteiger partial charge in [-0.05, 0) is 20.8 Å². The van der Waals surface area contributed by atoms with Gasteiger partial charge in [0, 0.05) is 17.0 Å². The van der Waals surface area contributed by atoms with Crippen molar-refractivity contribution in [2.24, 2.45) is 5.73 Å². The molecule has 0 saturated carbocycles. The highest BCUT2D eigenvalue weighted by atomic mass is 16.1. The van der Waals surface area contributed by atoms with Crippen LogP contribution in [0.15, 0.2) is 0 Å². The number of carbonyl (C=O) groups is 1. The molecule has 1 heterocycles. The third-order valence-electron chi connectivity index (χ3n) is 3.05. The molecule has 6 heteroatoms. The largest absolute Gasteiger partial charge is 0.383 e. The first-order valence-corrected chi connectivity index (χ1v) is 6.73. The van der Waals surface area contributed by atoms with E-state index in [1.165, 1.54) is 0 Å². The minimum absolute atomic E-state index is 0.0864. The summed E-state index contributed by atoms with van der Waals surface area (Å²) in [6, 6.07) is 0.0864. The summed E-state index contributed by atoms with van der Waals surface area (Å²) in [6.07, 6.45) is 0. The van der Waals surface area contributed by atoms with E-state index in [1.807, 2.05) is 46.4 Å². The topological polar surface area (TPSA) is 98.1 Å². The van der Waals surface area contributed by atoms with Crippen LogP contribution in [-0.4, -0.2) is 28.5 Å². The van der Waals surface area contributed by atoms with E-state index >= 15 is 0 Å². The molecule has 1 aromatic rings. The molecule has 0 atom stereocenters. The van der Waals surface area contributed by atoms with Crippen LogP contribution < -0.4 is 16.4 Å². The minimum Gasteiger partial charge on any atom is -0.383 e. The van der Waals surface area contributed by atoms with Crippen molar-refractivity contribution in [3.63, 3.8) is 0 Å². The molecule has 0 unspecified atom stereocenters. The monoisotopic (exact) mass is 279 g/mol. The summed E-state index contributed by atoms with van der Waals surface area (Å²) in [4.78, 5) is 22.1. The van der Waals surface area contributed by atoms with Crippen molar-refractivity contribution >= 4 is 17.5 Å². The molecule has 0 aliphatic rings. The van der Waals surface area contributed by atoms with Crippen molar-refractivity contribution in [1.29, 1.82) is 0 Å². The van der Waals surface area contributed by atoms with E-state index < -0.39 is 5.91 Å². The molecule has 0 saturated heterocycles. The molecule has 6 nitrogen and oxygen atoms in total. The number of anilines is 2. The number of amides is 1. The summed E-state index contributed by atoms with van der Waals surface area (Å²) in [5, 5.41) is 0. The van der Waals surface area contributed by atoms with Gasteiger partial charge in [-0.15, -0.1) is 0 Å². The molecule has 1 rings (SSSR count). The molecular formula is C14H25N5O. The Hall–Kier alpha value is -1.85. The second-order valence-electron chi connectivity index (χ2n) is 6.32. The van der Waals surface area contributed by atoms with Crippen LogP contribution in [-0.2, 0) is 10.2 Å². The molecule has 20 heavy (non-hydrogen) atoms. The fraction of sp³-hybridized carbons (Fsp3) is 0.643. The Balaban J connectivity index is 3.40. The minimum atomic E-state index is -0.396. The predicted octanol–water partition coefficient (Wildman–Crippen LogP) is 1.36. The fourth-order valence-corrected chi connectivity index (χ4v) is 1.81. The highest BCUT2D eigenvalue weighted by Gasteiger charge is 2.24. The zero-order chi connectivity index (χ0) is 15.7. The Morgan fingerprint density at radius 2 is 1.85 bits per heavy atom. The van der Waals surface area contributed by atoms with E-state index in [1.54, 1.807) is 0 Å². The van der Waals surface area contributed by atoms with E-state index in [0.29, 0.717) is 17.5 Å². The Morgan fingerprint density at radius 3 is 2.25 bits per heavy atom. The van der Waals surface area contributed by atoms with E-state index in [4.69, 9.17) is 11.5 Å². The molecule has 0 bridgehead atoms. The summed E-state index contributed by atoms with van der Waals surface area (Å²) in [6.45, 7) is 12.0. The third kappa shape index (κ3) is 3.59. The molecule has 0 aromatic carbocycles. The Kier molecular flexibility index (Phi) is 4.57. The first kappa shape index (κ1) is 16.2. The van der Waals surface area contributed by atoms with Crippen molar-refractivity contribution in [2.75, 3.05) is 17.2 Å². The Bertz CT molecular complexity index is 505. The van der Waals surface area contributed by atoms with E-state index in [0.717, 1.165) is 5.56 Å². The lowest BCUT2D eigenvalue weighted by atomic mass is 9.95. The van der Waals surface area contributed by atoms with Crippen LogP contribution in [0.2, 0.25) is 0 Å². The van der Waals surface area contributed by atoms with Crippen molar-refractivity contribution in [2.45, 2.75) is 53.0 Å². The molecule has 112 valence electrons. The predicted molar refractivity (Wildman–Crippen MR) is 81.6 cm³/mol. The van der Waals surface area contributed by atoms with Crippen LogP contribution in [0.25, 0.3) is 0 Å². The number of hydrogen-bond acceptors (Lipinski definition) is 5. The van der Waals surface area contributed by atoms with Crippen molar-refractivity contribution in [3.05, 3.63) is 11.4 Å². The number of nitrogen functional groups attached to an aromatic ring is 1. The normalized spacial score (nSPS) is 11.8. The van der Waals surface area contributed by atoms with Crippen molar-refractivity contribution in [3.8, 4) is 0 Å². The van der Waals surface area contributed by atoms with Gasteiger partial charge >= 0.3 is 0 Å². The van der Waals surface area contributed by atoms with Gasteiger partial charge in [-0.1, -0.05) is 20.8 Å². The second-order valence-corrected chi connectivity index (χ2v) is 6.32. The first-order valence-electron chi connectivity index (χ1n) is 6.73. The highest BCUT2D eigenvalue weighted by Crippen LogP contribution is 2.27. The van der Waals surface area contributed by atoms with Gasteiger partial charge in [0.2, 0.25) is 5.91 Å². The van der Waals surface area contributed by atoms with Crippen LogP contribution in [0.3, 0.4) is 0 Å². The van der Waals surface area contributed by atoms with Gasteiger partial charge in [0.1, 0.15) is 17.5 Å². The van der Waals surface area contributed by atoms with Gasteiger partial charge < -0.3 is 16.4 Å². The van der Waals surface area contributed by atoms with Crippen molar-refractivity contribution in [1.82, 2.24) is 9.97 Å². The number of nitrogens with two attached hydrogens (primary N) is 2. The molecule has 0 aliphatic carbocycles. The van der Waals surface area contributed by atoms with Crippen molar-refractivity contribution < 1.29 is 4.79 Å². The summed E-state index contributed by atoms with van der Waals surface area (Å²) >= 11 is 0. The zero-order valence-corrected chi connectivity index (χ0v) is 13.2. The lowest BCUT2D eigenvalue weighted by Gasteiger charge is -2.29. The second kappa shape index (κ2) is 5.64. The Labute approximate surface area is 120 Å². The SMILES string of the molecule is Cc1c(N)nc(C(C)(C)C)nc1N(CC(N)=O)C(C)C. The summed E-state index contributed by atoms with van der Waals surface area (Å²) in [7, 11) is 0. The number of carbonyl (C=O) groups excluding carboxylic acids is 1. The van der Waals surface area contributed by atoms with Gasteiger partial charge in [-0.25, -0.2) is 9.97 Å². The van der Waals surface area contributed by atoms with Crippen LogP contribution in [0.5, 0.6) is 0 Å². The third-order valence-corrected chi connectivity index (χ3v) is 3.05. The van der Waals surface area contributed by atoms with Gasteiger partial charge in [-0.2, -0.15) is 0 Å². The summed E-state index contributed by atoms with van der Waals surface area (Å²) < 4.78 is 0. The van der Waals surface area contributed by atoms with Gasteiger partial charge in [0.15, 0.2) is 0 Å². The van der Waals surface area contributed by atoms with Crippen LogP contribution in [0.4, 0.5) is 11.6 Å². The lowest BCUT2D eigenvalue weighted by Crippen LogP contribution is -2.40.